The number of nitrogens with zero attached hydrogens (tertiary/aromatic N) is 2. The SMILES string of the molecule is N#C/C(=C/c1ccc2c(c1)OCO2)C(=O)NC1CCC(NC(=O)/C(C#N)=C\c2ccc3c(c2)OCO3)CC1. The molecule has 1 aliphatic carbocycles. The highest BCUT2D eigenvalue weighted by Crippen LogP contribution is 2.34. The molecule has 2 aliphatic heterocycles. The van der Waals surface area contributed by atoms with E-state index in [9.17, 15) is 20.1 Å². The summed E-state index contributed by atoms with van der Waals surface area (Å²) in [5.41, 5.74) is 1.31. The molecule has 192 valence electrons. The summed E-state index contributed by atoms with van der Waals surface area (Å²) in [5, 5.41) is 24.9. The molecule has 1 saturated carbocycles. The minimum atomic E-state index is -0.448. The van der Waals surface area contributed by atoms with Gasteiger partial charge in [-0.2, -0.15) is 10.5 Å². The van der Waals surface area contributed by atoms with Gasteiger partial charge in [0.15, 0.2) is 23.0 Å². The Morgan fingerprint density at radius 3 is 1.47 bits per heavy atom. The summed E-state index contributed by atoms with van der Waals surface area (Å²) >= 11 is 0. The minimum absolute atomic E-state index is 0.00777. The normalized spacial score (nSPS) is 19.7. The maximum Gasteiger partial charge on any atom is 0.262 e. The van der Waals surface area contributed by atoms with Crippen LogP contribution in [0, 0.1) is 22.7 Å². The second kappa shape index (κ2) is 11.0. The molecule has 10 nitrogen and oxygen atoms in total. The topological polar surface area (TPSA) is 143 Å². The molecule has 38 heavy (non-hydrogen) atoms. The van der Waals surface area contributed by atoms with Crippen LogP contribution >= 0.6 is 0 Å². The van der Waals surface area contributed by atoms with Crippen LogP contribution in [0.2, 0.25) is 0 Å². The smallest absolute Gasteiger partial charge is 0.262 e. The van der Waals surface area contributed by atoms with E-state index >= 15 is 0 Å². The largest absolute Gasteiger partial charge is 0.454 e. The van der Waals surface area contributed by atoms with Gasteiger partial charge < -0.3 is 29.6 Å². The molecular formula is C28H24N4O6. The quantitative estimate of drug-likeness (QED) is 0.444. The van der Waals surface area contributed by atoms with Crippen molar-refractivity contribution in [1.82, 2.24) is 10.6 Å². The van der Waals surface area contributed by atoms with E-state index in [0.717, 1.165) is 0 Å². The summed E-state index contributed by atoms with van der Waals surface area (Å²) in [5.74, 6) is 1.50. The summed E-state index contributed by atoms with van der Waals surface area (Å²) in [6.07, 6.45) is 5.55. The van der Waals surface area contributed by atoms with Crippen LogP contribution in [-0.4, -0.2) is 37.5 Å². The maximum absolute atomic E-state index is 12.7. The number of nitrogens with one attached hydrogen (secondary N) is 2. The van der Waals surface area contributed by atoms with Gasteiger partial charge in [-0.1, -0.05) is 12.1 Å². The molecule has 3 aliphatic rings. The Bertz CT molecular complexity index is 1300. The first kappa shape index (κ1) is 24.7. The second-order valence-corrected chi connectivity index (χ2v) is 9.06. The molecule has 0 radical (unpaired) electrons. The highest BCUT2D eigenvalue weighted by molar-refractivity contribution is 6.02. The van der Waals surface area contributed by atoms with Crippen molar-refractivity contribution < 1.29 is 28.5 Å². The van der Waals surface area contributed by atoms with E-state index in [1.54, 1.807) is 36.4 Å². The van der Waals surface area contributed by atoms with Crippen molar-refractivity contribution in [1.29, 1.82) is 10.5 Å². The number of rotatable bonds is 6. The molecule has 0 bridgehead atoms. The van der Waals surface area contributed by atoms with Crippen LogP contribution in [0.3, 0.4) is 0 Å². The first-order valence-corrected chi connectivity index (χ1v) is 12.2. The van der Waals surface area contributed by atoms with Crippen LogP contribution in [0.15, 0.2) is 47.5 Å². The third-order valence-electron chi connectivity index (χ3n) is 6.54. The first-order valence-electron chi connectivity index (χ1n) is 12.2. The fraction of sp³-hybridized carbons (Fsp3) is 0.286. The standard InChI is InChI=1S/C28H24N4O6/c29-13-19(9-17-1-7-23-25(11-17)37-15-35-23)27(33)31-21-3-5-22(6-4-21)32-28(34)20(14-30)10-18-2-8-24-26(12-18)38-16-36-24/h1-2,7-12,21-22H,3-6,15-16H2,(H,31,33)(H,32,34)/b19-9-,20-10-. The Kier molecular flexibility index (Phi) is 7.14. The molecule has 1 fully saturated rings. The van der Waals surface area contributed by atoms with Gasteiger partial charge in [0.25, 0.3) is 11.8 Å². The van der Waals surface area contributed by atoms with Gasteiger partial charge in [0.1, 0.15) is 23.3 Å². The van der Waals surface area contributed by atoms with Crippen molar-refractivity contribution in [2.75, 3.05) is 13.6 Å². The molecule has 0 saturated heterocycles. The Morgan fingerprint density at radius 1 is 0.684 bits per heavy atom. The highest BCUT2D eigenvalue weighted by atomic mass is 16.7. The first-order chi connectivity index (χ1) is 18.5. The molecule has 2 amide bonds. The predicted octanol–water partition coefficient (Wildman–Crippen LogP) is 3.20. The van der Waals surface area contributed by atoms with Crippen molar-refractivity contribution in [2.45, 2.75) is 37.8 Å². The summed E-state index contributed by atoms with van der Waals surface area (Å²) in [4.78, 5) is 25.4. The molecule has 5 rings (SSSR count). The summed E-state index contributed by atoms with van der Waals surface area (Å²) in [7, 11) is 0. The maximum atomic E-state index is 12.7. The van der Waals surface area contributed by atoms with E-state index in [4.69, 9.17) is 18.9 Å². The van der Waals surface area contributed by atoms with Crippen LogP contribution < -0.4 is 29.6 Å². The number of carbonyl (C=O) groups excluding carboxylic acids is 2. The Hall–Kier alpha value is -4.96. The molecule has 0 atom stereocenters. The summed E-state index contributed by atoms with van der Waals surface area (Å²) in [6, 6.07) is 14.1. The van der Waals surface area contributed by atoms with Gasteiger partial charge in [-0.25, -0.2) is 0 Å². The molecule has 2 aromatic carbocycles. The van der Waals surface area contributed by atoms with Crippen LogP contribution in [0.25, 0.3) is 12.2 Å². The number of carbonyl (C=O) groups is 2. The van der Waals surface area contributed by atoms with Crippen molar-refractivity contribution in [2.24, 2.45) is 0 Å². The molecular weight excluding hydrogens is 488 g/mol. The Balaban J connectivity index is 1.13. The monoisotopic (exact) mass is 512 g/mol. The van der Waals surface area contributed by atoms with Gasteiger partial charge in [0.05, 0.1) is 0 Å². The number of hydrogen-bond acceptors (Lipinski definition) is 8. The van der Waals surface area contributed by atoms with Gasteiger partial charge in [0.2, 0.25) is 13.6 Å². The van der Waals surface area contributed by atoms with Gasteiger partial charge in [0, 0.05) is 12.1 Å². The molecule has 2 heterocycles. The fourth-order valence-electron chi connectivity index (χ4n) is 4.54. The van der Waals surface area contributed by atoms with Crippen LogP contribution in [0.5, 0.6) is 23.0 Å². The van der Waals surface area contributed by atoms with Crippen LogP contribution in [0.1, 0.15) is 36.8 Å². The average Bonchev–Trinajstić information content (AvgIpc) is 3.60. The number of nitriles is 2. The van der Waals surface area contributed by atoms with E-state index in [1.807, 2.05) is 12.1 Å². The lowest BCUT2D eigenvalue weighted by Crippen LogP contribution is -2.44. The minimum Gasteiger partial charge on any atom is -0.454 e. The average molecular weight is 513 g/mol. The number of amides is 2. The van der Waals surface area contributed by atoms with Crippen LogP contribution in [0.4, 0.5) is 0 Å². The van der Waals surface area contributed by atoms with Crippen LogP contribution in [-0.2, 0) is 9.59 Å². The lowest BCUT2D eigenvalue weighted by molar-refractivity contribution is -0.119. The second-order valence-electron chi connectivity index (χ2n) is 9.06. The highest BCUT2D eigenvalue weighted by Gasteiger charge is 2.25. The lowest BCUT2D eigenvalue weighted by Gasteiger charge is -2.29. The molecule has 2 N–H and O–H groups in total. The van der Waals surface area contributed by atoms with Gasteiger partial charge in [-0.05, 0) is 73.2 Å². The van der Waals surface area contributed by atoms with Crippen molar-refractivity contribution in [3.8, 4) is 35.1 Å². The third-order valence-corrected chi connectivity index (χ3v) is 6.54. The molecule has 2 aromatic rings. The molecule has 10 heteroatoms. The van der Waals surface area contributed by atoms with Crippen molar-refractivity contribution in [3.05, 3.63) is 58.7 Å². The van der Waals surface area contributed by atoms with Gasteiger partial charge in [-0.3, -0.25) is 9.59 Å². The fourth-order valence-corrected chi connectivity index (χ4v) is 4.54. The Morgan fingerprint density at radius 2 is 1.08 bits per heavy atom. The molecule has 0 aromatic heterocycles. The zero-order chi connectivity index (χ0) is 26.5. The third kappa shape index (κ3) is 5.55. The van der Waals surface area contributed by atoms with E-state index < -0.39 is 11.8 Å². The summed E-state index contributed by atoms with van der Waals surface area (Å²) < 4.78 is 21.3. The molecule has 0 spiro atoms. The predicted molar refractivity (Wildman–Crippen MR) is 135 cm³/mol. The number of fused-ring (bicyclic) bond motifs is 2. The van der Waals surface area contributed by atoms with Crippen molar-refractivity contribution >= 4 is 24.0 Å². The van der Waals surface area contributed by atoms with E-state index in [-0.39, 0.29) is 36.8 Å². The lowest BCUT2D eigenvalue weighted by atomic mass is 9.90. The zero-order valence-electron chi connectivity index (χ0n) is 20.4. The van der Waals surface area contributed by atoms with E-state index in [2.05, 4.69) is 10.6 Å². The summed E-state index contributed by atoms with van der Waals surface area (Å²) in [6.45, 7) is 0.288. The van der Waals surface area contributed by atoms with E-state index in [0.29, 0.717) is 59.8 Å². The zero-order valence-corrected chi connectivity index (χ0v) is 20.4. The van der Waals surface area contributed by atoms with Crippen molar-refractivity contribution in [3.63, 3.8) is 0 Å². The Labute approximate surface area is 219 Å². The van der Waals surface area contributed by atoms with Gasteiger partial charge >= 0.3 is 0 Å². The number of benzene rings is 2. The van der Waals surface area contributed by atoms with Gasteiger partial charge in [-0.15, -0.1) is 0 Å². The van der Waals surface area contributed by atoms with E-state index in [1.165, 1.54) is 12.2 Å². The molecule has 0 unspecified atom stereocenters. The number of ether oxygens (including phenoxy) is 4. The number of hydrogen-bond donors (Lipinski definition) is 2.